The largest absolute Gasteiger partial charge is 0.490 e. The number of hydrogen-bond acceptors (Lipinski definition) is 11. The Balaban J connectivity index is 1.82. The minimum absolute atomic E-state index is 0.0436. The number of carbonyl (C=O) groups is 3. The van der Waals surface area contributed by atoms with Crippen molar-refractivity contribution in [3.05, 3.63) is 47.9 Å². The molecule has 1 saturated carbocycles. The standard InChI is InChI=1S/C35H43F2N7O7/c1-33(2,3)49-30(45)42(10)21-11-12-22(15-21)48-25-14-13-23(36)29(37)28(25)24-16-26(41-44(24)32(47)51-35(7,8)9)43(31(46)50-34(4,5)6)27-19-39-20(17-38)18-40-27/h13-14,16,18-19,21-22H,11-12,15H2,1-10H3/t21-,22-/m1/s1. The molecule has 0 radical (unpaired) electrons. The maximum absolute atomic E-state index is 16.0. The third kappa shape index (κ3) is 9.68. The van der Waals surface area contributed by atoms with Crippen molar-refractivity contribution in [3.63, 3.8) is 0 Å². The van der Waals surface area contributed by atoms with Gasteiger partial charge in [0.05, 0.1) is 23.7 Å². The van der Waals surface area contributed by atoms with Gasteiger partial charge >= 0.3 is 18.3 Å². The molecule has 2 heterocycles. The maximum atomic E-state index is 16.0. The van der Waals surface area contributed by atoms with Gasteiger partial charge in [-0.15, -0.1) is 5.10 Å². The summed E-state index contributed by atoms with van der Waals surface area (Å²) >= 11 is 0. The summed E-state index contributed by atoms with van der Waals surface area (Å²) in [6.07, 6.45) is 0.506. The number of halogens is 2. The molecule has 51 heavy (non-hydrogen) atoms. The number of nitrogens with zero attached hydrogens (tertiary/aromatic N) is 7. The molecule has 3 aromatic rings. The van der Waals surface area contributed by atoms with Gasteiger partial charge in [-0.05, 0) is 87.3 Å². The van der Waals surface area contributed by atoms with Gasteiger partial charge in [0.2, 0.25) is 0 Å². The van der Waals surface area contributed by atoms with E-state index in [0.717, 1.165) is 29.4 Å². The van der Waals surface area contributed by atoms with Crippen molar-refractivity contribution in [1.29, 1.82) is 5.26 Å². The molecule has 274 valence electrons. The number of hydrogen-bond donors (Lipinski definition) is 0. The fraction of sp³-hybridized carbons (Fsp3) is 0.514. The van der Waals surface area contributed by atoms with Crippen molar-refractivity contribution >= 4 is 29.9 Å². The summed E-state index contributed by atoms with van der Waals surface area (Å²) in [5.41, 5.74) is -3.57. The van der Waals surface area contributed by atoms with Gasteiger partial charge < -0.3 is 23.8 Å². The van der Waals surface area contributed by atoms with E-state index in [9.17, 15) is 19.6 Å². The van der Waals surface area contributed by atoms with Crippen LogP contribution in [0.1, 0.15) is 87.3 Å². The molecular formula is C35H43F2N7O7. The zero-order chi connectivity index (χ0) is 38.1. The van der Waals surface area contributed by atoms with Crippen LogP contribution in [0.3, 0.4) is 0 Å². The number of benzene rings is 1. The number of ether oxygens (including phenoxy) is 4. The van der Waals surface area contributed by atoms with E-state index >= 15 is 8.78 Å². The van der Waals surface area contributed by atoms with Gasteiger partial charge in [-0.3, -0.25) is 0 Å². The van der Waals surface area contributed by atoms with Gasteiger partial charge in [-0.25, -0.2) is 38.0 Å². The fourth-order valence-corrected chi connectivity index (χ4v) is 5.12. The van der Waals surface area contributed by atoms with Crippen LogP contribution in [0.4, 0.5) is 34.8 Å². The van der Waals surface area contributed by atoms with E-state index < -0.39 is 58.4 Å². The molecule has 4 rings (SSSR count). The number of aromatic nitrogens is 4. The number of rotatable bonds is 6. The third-order valence-corrected chi connectivity index (χ3v) is 7.24. The zero-order valence-corrected chi connectivity index (χ0v) is 30.4. The molecule has 1 fully saturated rings. The highest BCUT2D eigenvalue weighted by Gasteiger charge is 2.36. The Labute approximate surface area is 295 Å². The van der Waals surface area contributed by atoms with E-state index in [0.29, 0.717) is 23.9 Å². The predicted octanol–water partition coefficient (Wildman–Crippen LogP) is 7.51. The van der Waals surface area contributed by atoms with Gasteiger partial charge in [0.1, 0.15) is 34.7 Å². The van der Waals surface area contributed by atoms with Crippen LogP contribution in [0.2, 0.25) is 0 Å². The van der Waals surface area contributed by atoms with Crippen LogP contribution in [0, 0.1) is 23.0 Å². The fourth-order valence-electron chi connectivity index (χ4n) is 5.12. The number of nitriles is 1. The van der Waals surface area contributed by atoms with Crippen molar-refractivity contribution in [2.45, 2.75) is 111 Å². The van der Waals surface area contributed by atoms with Gasteiger partial charge in [-0.2, -0.15) is 9.94 Å². The van der Waals surface area contributed by atoms with E-state index in [-0.39, 0.29) is 34.8 Å². The lowest BCUT2D eigenvalue weighted by molar-refractivity contribution is 0.0218. The highest BCUT2D eigenvalue weighted by Crippen LogP contribution is 2.40. The molecule has 16 heteroatoms. The Morgan fingerprint density at radius 1 is 0.882 bits per heavy atom. The van der Waals surface area contributed by atoms with Crippen molar-refractivity contribution < 1.29 is 42.1 Å². The van der Waals surface area contributed by atoms with Crippen LogP contribution < -0.4 is 9.64 Å². The number of carbonyl (C=O) groups excluding carboxylic acids is 3. The van der Waals surface area contributed by atoms with Gasteiger partial charge in [0.25, 0.3) is 0 Å². The van der Waals surface area contributed by atoms with Crippen LogP contribution >= 0.6 is 0 Å². The second-order valence-corrected chi connectivity index (χ2v) is 15.0. The summed E-state index contributed by atoms with van der Waals surface area (Å²) in [4.78, 5) is 50.4. The molecule has 0 bridgehead atoms. The summed E-state index contributed by atoms with van der Waals surface area (Å²) in [5, 5.41) is 13.5. The molecule has 2 atom stereocenters. The summed E-state index contributed by atoms with van der Waals surface area (Å²) in [5.74, 6) is -3.17. The molecule has 2 amide bonds. The third-order valence-electron chi connectivity index (χ3n) is 7.24. The SMILES string of the molecule is CN(C(=O)OC(C)(C)C)[C@@H]1CC[C@@H](Oc2ccc(F)c(F)c2-c2cc(N(C(=O)OC(C)(C)C)c3cnc(C#N)cn3)nn2C(=O)OC(C)(C)C)C1. The molecule has 0 unspecified atom stereocenters. The molecule has 1 aliphatic rings. The molecule has 14 nitrogen and oxygen atoms in total. The highest BCUT2D eigenvalue weighted by atomic mass is 19.2. The van der Waals surface area contributed by atoms with E-state index in [1.165, 1.54) is 11.0 Å². The molecule has 0 aliphatic heterocycles. The quantitative estimate of drug-likeness (QED) is 0.233. The summed E-state index contributed by atoms with van der Waals surface area (Å²) in [6.45, 7) is 15.0. The molecule has 0 saturated heterocycles. The zero-order valence-electron chi connectivity index (χ0n) is 30.4. The lowest BCUT2D eigenvalue weighted by atomic mass is 10.1. The number of anilines is 2. The van der Waals surface area contributed by atoms with Crippen LogP contribution in [-0.4, -0.2) is 78.9 Å². The van der Waals surface area contributed by atoms with Crippen LogP contribution in [0.5, 0.6) is 5.75 Å². The molecular weight excluding hydrogens is 668 g/mol. The number of amides is 2. The Kier molecular flexibility index (Phi) is 10.9. The predicted molar refractivity (Wildman–Crippen MR) is 180 cm³/mol. The minimum Gasteiger partial charge on any atom is -0.490 e. The summed E-state index contributed by atoms with van der Waals surface area (Å²) in [7, 11) is 1.62. The lowest BCUT2D eigenvalue weighted by Gasteiger charge is -2.28. The summed E-state index contributed by atoms with van der Waals surface area (Å²) < 4.78 is 54.6. The summed E-state index contributed by atoms with van der Waals surface area (Å²) in [6, 6.07) is 4.85. The maximum Gasteiger partial charge on any atom is 0.435 e. The first-order valence-electron chi connectivity index (χ1n) is 16.3. The Morgan fingerprint density at radius 2 is 1.51 bits per heavy atom. The Morgan fingerprint density at radius 3 is 2.08 bits per heavy atom. The smallest absolute Gasteiger partial charge is 0.435 e. The molecule has 1 aromatic carbocycles. The van der Waals surface area contributed by atoms with Gasteiger partial charge in [-0.1, -0.05) is 0 Å². The van der Waals surface area contributed by atoms with E-state index in [1.54, 1.807) is 69.4 Å². The van der Waals surface area contributed by atoms with E-state index in [2.05, 4.69) is 15.1 Å². The second-order valence-electron chi connectivity index (χ2n) is 15.0. The molecule has 0 spiro atoms. The molecule has 2 aromatic heterocycles. The van der Waals surface area contributed by atoms with Crippen molar-refractivity contribution in [3.8, 4) is 23.1 Å². The van der Waals surface area contributed by atoms with Crippen LogP contribution in [-0.2, 0) is 14.2 Å². The first-order valence-corrected chi connectivity index (χ1v) is 16.3. The van der Waals surface area contributed by atoms with Crippen molar-refractivity contribution in [1.82, 2.24) is 24.6 Å². The second kappa shape index (κ2) is 14.5. The minimum atomic E-state index is -1.36. The van der Waals surface area contributed by atoms with E-state index in [1.807, 2.05) is 6.07 Å². The topological polar surface area (TPSA) is 162 Å². The molecule has 0 N–H and O–H groups in total. The highest BCUT2D eigenvalue weighted by molar-refractivity contribution is 5.95. The van der Waals surface area contributed by atoms with Crippen molar-refractivity contribution in [2.24, 2.45) is 0 Å². The monoisotopic (exact) mass is 711 g/mol. The average Bonchev–Trinajstić information content (AvgIpc) is 3.64. The van der Waals surface area contributed by atoms with Gasteiger partial charge in [0, 0.05) is 25.6 Å². The van der Waals surface area contributed by atoms with Gasteiger partial charge in [0.15, 0.2) is 29.0 Å². The normalized spacial score (nSPS) is 16.2. The average molecular weight is 712 g/mol. The first kappa shape index (κ1) is 38.5. The lowest BCUT2D eigenvalue weighted by Crippen LogP contribution is -2.40. The van der Waals surface area contributed by atoms with Crippen LogP contribution in [0.15, 0.2) is 30.6 Å². The molecule has 1 aliphatic carbocycles. The first-order chi connectivity index (χ1) is 23.6. The van der Waals surface area contributed by atoms with E-state index in [4.69, 9.17) is 18.9 Å². The Hall–Kier alpha value is -5.33. The van der Waals surface area contributed by atoms with Crippen molar-refractivity contribution in [2.75, 3.05) is 11.9 Å². The van der Waals surface area contributed by atoms with Crippen LogP contribution in [0.25, 0.3) is 11.3 Å². The Bertz CT molecular complexity index is 1820.